The quantitative estimate of drug-likeness (QED) is 0.325. The molecule has 0 saturated heterocycles. The zero-order valence-corrected chi connectivity index (χ0v) is 29.2. The molecule has 0 saturated carbocycles. The highest BCUT2D eigenvalue weighted by atomic mass is 79.9. The van der Waals surface area contributed by atoms with Gasteiger partial charge in [-0.25, -0.2) is 0 Å². The number of carbonyl (C=O) groups is 3. The largest absolute Gasteiger partial charge is 0.481 e. The lowest BCUT2D eigenvalue weighted by Gasteiger charge is -2.49. The number of halogens is 2. The van der Waals surface area contributed by atoms with Crippen molar-refractivity contribution in [3.05, 3.63) is 78.5 Å². The third kappa shape index (κ3) is 6.28. The van der Waals surface area contributed by atoms with E-state index >= 15 is 0 Å². The summed E-state index contributed by atoms with van der Waals surface area (Å²) in [5.74, 6) is -0.0206. The topological polar surface area (TPSA) is 75.7 Å². The predicted octanol–water partition coefficient (Wildman–Crippen LogP) is 8.55. The summed E-state index contributed by atoms with van der Waals surface area (Å²) in [6.45, 7) is 15.2. The van der Waals surface area contributed by atoms with Crippen LogP contribution in [0, 0.1) is 24.7 Å². The number of amides is 1. The van der Waals surface area contributed by atoms with Gasteiger partial charge in [0.05, 0.1) is 8.95 Å². The standard InChI is InChI=1S/C35H40Br2N2O4/c1-8-39-25-14-34(4,5)16-27(40)31(25)30(32-26(39)15-35(6,7)17-28(32)41)21-12-23(36)33(24(37)13-21)43-18-29(42)38-22-10-9-19(2)20(3)11-22/h9-13,30H,8,14-18H2,1-7H3,(H,38,42). The van der Waals surface area contributed by atoms with E-state index in [1.807, 2.05) is 44.2 Å². The second-order valence-corrected chi connectivity index (χ2v) is 15.4. The molecule has 0 aromatic heterocycles. The molecule has 0 spiro atoms. The average molecular weight is 713 g/mol. The summed E-state index contributed by atoms with van der Waals surface area (Å²) in [5, 5.41) is 2.89. The number of hydrogen-bond acceptors (Lipinski definition) is 5. The molecule has 2 aromatic carbocycles. The summed E-state index contributed by atoms with van der Waals surface area (Å²) in [4.78, 5) is 42.8. The van der Waals surface area contributed by atoms with Crippen molar-refractivity contribution in [1.82, 2.24) is 4.90 Å². The zero-order valence-electron chi connectivity index (χ0n) is 26.0. The third-order valence-corrected chi connectivity index (χ3v) is 10.0. The Labute approximate surface area is 271 Å². The Balaban J connectivity index is 1.51. The second-order valence-electron chi connectivity index (χ2n) is 13.7. The molecule has 2 aromatic rings. The van der Waals surface area contributed by atoms with Gasteiger partial charge in [0.1, 0.15) is 5.75 Å². The van der Waals surface area contributed by atoms with Gasteiger partial charge in [0.2, 0.25) is 0 Å². The Morgan fingerprint density at radius 1 is 0.884 bits per heavy atom. The highest BCUT2D eigenvalue weighted by Gasteiger charge is 2.48. The van der Waals surface area contributed by atoms with Crippen LogP contribution < -0.4 is 10.1 Å². The van der Waals surface area contributed by atoms with E-state index in [4.69, 9.17) is 4.74 Å². The molecule has 1 heterocycles. The van der Waals surface area contributed by atoms with Crippen LogP contribution in [-0.4, -0.2) is 35.5 Å². The molecule has 0 atom stereocenters. The molecule has 1 N–H and O–H groups in total. The van der Waals surface area contributed by atoms with Crippen molar-refractivity contribution in [1.29, 1.82) is 0 Å². The maximum atomic E-state index is 13.9. The lowest BCUT2D eigenvalue weighted by molar-refractivity contribution is -0.120. The highest BCUT2D eigenvalue weighted by molar-refractivity contribution is 9.11. The molecule has 0 unspecified atom stereocenters. The number of anilines is 1. The number of rotatable bonds is 6. The number of allylic oxidation sites excluding steroid dienone is 4. The first kappa shape index (κ1) is 31.7. The summed E-state index contributed by atoms with van der Waals surface area (Å²) < 4.78 is 7.26. The van der Waals surface area contributed by atoms with E-state index in [2.05, 4.69) is 76.7 Å². The van der Waals surface area contributed by atoms with Gasteiger partial charge in [0.15, 0.2) is 18.2 Å². The van der Waals surface area contributed by atoms with E-state index in [-0.39, 0.29) is 34.9 Å². The van der Waals surface area contributed by atoms with E-state index in [0.717, 1.165) is 57.8 Å². The Morgan fingerprint density at radius 2 is 1.42 bits per heavy atom. The lowest BCUT2D eigenvalue weighted by Crippen LogP contribution is -2.44. The van der Waals surface area contributed by atoms with Crippen LogP contribution in [-0.2, 0) is 14.4 Å². The average Bonchev–Trinajstić information content (AvgIpc) is 2.87. The lowest BCUT2D eigenvalue weighted by atomic mass is 9.63. The van der Waals surface area contributed by atoms with Crippen LogP contribution in [0.4, 0.5) is 5.69 Å². The van der Waals surface area contributed by atoms with Gasteiger partial charge >= 0.3 is 0 Å². The monoisotopic (exact) mass is 710 g/mol. The van der Waals surface area contributed by atoms with Gasteiger partial charge in [0.25, 0.3) is 5.91 Å². The predicted molar refractivity (Wildman–Crippen MR) is 177 cm³/mol. The van der Waals surface area contributed by atoms with Crippen molar-refractivity contribution in [2.45, 2.75) is 80.1 Å². The summed E-state index contributed by atoms with van der Waals surface area (Å²) in [6.07, 6.45) is 2.45. The molecule has 6 nitrogen and oxygen atoms in total. The number of ketones is 2. The molecule has 8 heteroatoms. The molecular formula is C35H40Br2N2O4. The fourth-order valence-electron chi connectivity index (χ4n) is 6.80. The summed E-state index contributed by atoms with van der Waals surface area (Å²) in [5.41, 5.74) is 7.10. The van der Waals surface area contributed by atoms with Crippen LogP contribution in [0.1, 0.15) is 82.9 Å². The minimum atomic E-state index is -0.449. The van der Waals surface area contributed by atoms with Crippen molar-refractivity contribution < 1.29 is 19.1 Å². The summed E-state index contributed by atoms with van der Waals surface area (Å²) in [6, 6.07) is 9.65. The van der Waals surface area contributed by atoms with Crippen molar-refractivity contribution >= 4 is 55.0 Å². The number of ether oxygens (including phenoxy) is 1. The normalized spacial score (nSPS) is 19.8. The number of hydrogen-bond donors (Lipinski definition) is 1. The molecule has 1 amide bonds. The first-order valence-corrected chi connectivity index (χ1v) is 16.5. The molecule has 1 aliphatic heterocycles. The molecule has 43 heavy (non-hydrogen) atoms. The van der Waals surface area contributed by atoms with Gasteiger partial charge in [-0.2, -0.15) is 0 Å². The molecule has 228 valence electrons. The fraction of sp³-hybridized carbons (Fsp3) is 0.457. The van der Waals surface area contributed by atoms with Crippen LogP contribution >= 0.6 is 31.9 Å². The van der Waals surface area contributed by atoms with Gasteiger partial charge in [-0.05, 0) is 117 Å². The molecule has 2 aliphatic carbocycles. The zero-order chi connectivity index (χ0) is 31.4. The number of benzene rings is 2. The van der Waals surface area contributed by atoms with Crippen LogP contribution in [0.15, 0.2) is 61.8 Å². The summed E-state index contributed by atoms with van der Waals surface area (Å²) >= 11 is 7.34. The number of aryl methyl sites for hydroxylation is 2. The molecule has 0 radical (unpaired) electrons. The Bertz CT molecular complexity index is 1520. The maximum Gasteiger partial charge on any atom is 0.262 e. The molecule has 0 bridgehead atoms. The number of nitrogens with zero attached hydrogens (tertiary/aromatic N) is 1. The van der Waals surface area contributed by atoms with E-state index in [1.165, 1.54) is 0 Å². The van der Waals surface area contributed by atoms with Gasteiger partial charge in [-0.15, -0.1) is 0 Å². The molecule has 3 aliphatic rings. The first-order valence-electron chi connectivity index (χ1n) is 14.9. The fourth-order valence-corrected chi connectivity index (χ4v) is 8.25. The van der Waals surface area contributed by atoms with Gasteiger partial charge in [-0.3, -0.25) is 14.4 Å². The Hall–Kier alpha value is -2.71. The third-order valence-electron chi connectivity index (χ3n) is 8.83. The number of Topliss-reactive ketones (excluding diaryl/α,β-unsaturated/α-hetero) is 2. The first-order chi connectivity index (χ1) is 20.1. The van der Waals surface area contributed by atoms with E-state index in [0.29, 0.717) is 34.1 Å². The van der Waals surface area contributed by atoms with Gasteiger partial charge in [0, 0.05) is 53.5 Å². The van der Waals surface area contributed by atoms with Crippen molar-refractivity contribution in [2.75, 3.05) is 18.5 Å². The van der Waals surface area contributed by atoms with Crippen LogP contribution in [0.5, 0.6) is 5.75 Å². The smallest absolute Gasteiger partial charge is 0.262 e. The number of carbonyl (C=O) groups excluding carboxylic acids is 3. The Kier molecular flexibility index (Phi) is 8.60. The van der Waals surface area contributed by atoms with E-state index in [9.17, 15) is 14.4 Å². The van der Waals surface area contributed by atoms with Crippen molar-refractivity contribution in [2.24, 2.45) is 10.8 Å². The minimum Gasteiger partial charge on any atom is -0.481 e. The summed E-state index contributed by atoms with van der Waals surface area (Å²) in [7, 11) is 0. The van der Waals surface area contributed by atoms with Crippen molar-refractivity contribution in [3.8, 4) is 5.75 Å². The number of nitrogens with one attached hydrogen (secondary N) is 1. The van der Waals surface area contributed by atoms with Crippen molar-refractivity contribution in [3.63, 3.8) is 0 Å². The van der Waals surface area contributed by atoms with E-state index < -0.39 is 5.92 Å². The van der Waals surface area contributed by atoms with E-state index in [1.54, 1.807) is 0 Å². The second kappa shape index (κ2) is 11.7. The molecular weight excluding hydrogens is 672 g/mol. The molecule has 0 fully saturated rings. The van der Waals surface area contributed by atoms with Gasteiger partial charge < -0.3 is 15.0 Å². The minimum absolute atomic E-state index is 0.106. The van der Waals surface area contributed by atoms with Crippen LogP contribution in [0.2, 0.25) is 0 Å². The van der Waals surface area contributed by atoms with Crippen LogP contribution in [0.3, 0.4) is 0 Å². The Morgan fingerprint density at radius 3 is 1.91 bits per heavy atom. The maximum absolute atomic E-state index is 13.9. The highest BCUT2D eigenvalue weighted by Crippen LogP contribution is 2.55. The molecule has 5 rings (SSSR count). The van der Waals surface area contributed by atoms with Crippen LogP contribution in [0.25, 0.3) is 0 Å². The van der Waals surface area contributed by atoms with Gasteiger partial charge in [-0.1, -0.05) is 33.8 Å². The SMILES string of the molecule is CCN1C2=C(C(=O)CC(C)(C)C2)C(c2cc(Br)c(OCC(=O)Nc3ccc(C)c(C)c3)c(Br)c2)C2=C1CC(C)(C)CC2=O.